The fourth-order valence-corrected chi connectivity index (χ4v) is 2.49. The fraction of sp³-hybridized carbons (Fsp3) is 0.333. The molecule has 80 valence electrons. The molecule has 15 heavy (non-hydrogen) atoms. The van der Waals surface area contributed by atoms with Crippen molar-refractivity contribution < 1.29 is 0 Å². The van der Waals surface area contributed by atoms with Crippen molar-refractivity contribution in [2.24, 2.45) is 12.8 Å². The first-order valence-corrected chi connectivity index (χ1v) is 5.47. The summed E-state index contributed by atoms with van der Waals surface area (Å²) in [6.07, 6.45) is 0.896. The topological polar surface area (TPSA) is 30.9 Å². The molecule has 1 aromatic heterocycles. The molecule has 2 aromatic rings. The molecule has 0 saturated heterocycles. The molecule has 2 nitrogen and oxygen atoms in total. The minimum absolute atomic E-state index is 0.669. The molecule has 3 heteroatoms. The predicted octanol–water partition coefficient (Wildman–Crippen LogP) is 2.64. The van der Waals surface area contributed by atoms with Gasteiger partial charge in [-0.1, -0.05) is 23.7 Å². The summed E-state index contributed by atoms with van der Waals surface area (Å²) in [4.78, 5) is 0. The second-order valence-corrected chi connectivity index (χ2v) is 4.21. The zero-order valence-corrected chi connectivity index (χ0v) is 9.80. The van der Waals surface area contributed by atoms with E-state index < -0.39 is 0 Å². The molecule has 0 aliphatic heterocycles. The number of nitrogens with two attached hydrogens (primary N) is 1. The van der Waals surface area contributed by atoms with Crippen molar-refractivity contribution in [3.8, 4) is 0 Å². The van der Waals surface area contributed by atoms with Gasteiger partial charge in [0.15, 0.2) is 0 Å². The Morgan fingerprint density at radius 1 is 1.40 bits per heavy atom. The average Bonchev–Trinajstić information content (AvgIpc) is 2.45. The maximum Gasteiger partial charge on any atom is 0.0672 e. The highest BCUT2D eigenvalue weighted by Gasteiger charge is 2.12. The Kier molecular flexibility index (Phi) is 2.72. The minimum atomic E-state index is 0.669. The third-order valence-electron chi connectivity index (χ3n) is 2.95. The SMILES string of the molecule is Cc1c(CCN)n(C)c2c(Cl)cccc12. The maximum atomic E-state index is 6.20. The van der Waals surface area contributed by atoms with Crippen molar-refractivity contribution in [3.63, 3.8) is 0 Å². The molecule has 1 heterocycles. The van der Waals surface area contributed by atoms with Crippen molar-refractivity contribution in [2.75, 3.05) is 6.54 Å². The lowest BCUT2D eigenvalue weighted by Gasteiger charge is -2.04. The van der Waals surface area contributed by atoms with Crippen molar-refractivity contribution in [1.82, 2.24) is 4.57 Å². The first-order valence-electron chi connectivity index (χ1n) is 5.09. The van der Waals surface area contributed by atoms with Crippen LogP contribution in [-0.4, -0.2) is 11.1 Å². The van der Waals surface area contributed by atoms with Crippen molar-refractivity contribution in [2.45, 2.75) is 13.3 Å². The van der Waals surface area contributed by atoms with Crippen molar-refractivity contribution >= 4 is 22.5 Å². The molecule has 1 aromatic carbocycles. The standard InChI is InChI=1S/C12H15ClN2/c1-8-9-4-3-5-10(13)12(9)15(2)11(8)6-7-14/h3-5H,6-7,14H2,1-2H3. The first-order chi connectivity index (χ1) is 7.16. The van der Waals surface area contributed by atoms with Crippen LogP contribution in [0.25, 0.3) is 10.9 Å². The Morgan fingerprint density at radius 3 is 2.73 bits per heavy atom. The third kappa shape index (κ3) is 1.54. The Balaban J connectivity index is 2.79. The molecule has 0 bridgehead atoms. The molecule has 0 atom stereocenters. The normalized spacial score (nSPS) is 11.2. The number of rotatable bonds is 2. The number of hydrogen-bond acceptors (Lipinski definition) is 1. The number of aromatic nitrogens is 1. The second kappa shape index (κ2) is 3.87. The van der Waals surface area contributed by atoms with Crippen LogP contribution in [0.1, 0.15) is 11.3 Å². The largest absolute Gasteiger partial charge is 0.346 e. The van der Waals surface area contributed by atoms with E-state index in [-0.39, 0.29) is 0 Å². The molecular formula is C12H15ClN2. The van der Waals surface area contributed by atoms with Gasteiger partial charge < -0.3 is 10.3 Å². The summed E-state index contributed by atoms with van der Waals surface area (Å²) in [5.74, 6) is 0. The van der Waals surface area contributed by atoms with Gasteiger partial charge in [-0.05, 0) is 25.1 Å². The van der Waals surface area contributed by atoms with Crippen LogP contribution in [0.5, 0.6) is 0 Å². The highest BCUT2D eigenvalue weighted by atomic mass is 35.5. The van der Waals surface area contributed by atoms with Gasteiger partial charge in [0.25, 0.3) is 0 Å². The molecule has 0 unspecified atom stereocenters. The van der Waals surface area contributed by atoms with Crippen LogP contribution in [0.3, 0.4) is 0 Å². The van der Waals surface area contributed by atoms with Gasteiger partial charge in [0.2, 0.25) is 0 Å². The molecule has 2 N–H and O–H groups in total. The Hall–Kier alpha value is -0.990. The van der Waals surface area contributed by atoms with Gasteiger partial charge in [-0.15, -0.1) is 0 Å². The van der Waals surface area contributed by atoms with E-state index in [2.05, 4.69) is 17.6 Å². The second-order valence-electron chi connectivity index (χ2n) is 3.81. The van der Waals surface area contributed by atoms with Gasteiger partial charge in [-0.2, -0.15) is 0 Å². The Bertz CT molecular complexity index is 500. The van der Waals surface area contributed by atoms with Crippen LogP contribution >= 0.6 is 11.6 Å². The Morgan fingerprint density at radius 2 is 2.13 bits per heavy atom. The van der Waals surface area contributed by atoms with Crippen LogP contribution in [0.15, 0.2) is 18.2 Å². The van der Waals surface area contributed by atoms with E-state index in [0.29, 0.717) is 6.54 Å². The van der Waals surface area contributed by atoms with Gasteiger partial charge in [0, 0.05) is 24.5 Å². The lowest BCUT2D eigenvalue weighted by atomic mass is 10.1. The van der Waals surface area contributed by atoms with Gasteiger partial charge in [0.05, 0.1) is 10.5 Å². The van der Waals surface area contributed by atoms with Crippen molar-refractivity contribution in [1.29, 1.82) is 0 Å². The predicted molar refractivity (Wildman–Crippen MR) is 65.4 cm³/mol. The average molecular weight is 223 g/mol. The van der Waals surface area contributed by atoms with E-state index in [9.17, 15) is 0 Å². The van der Waals surface area contributed by atoms with Gasteiger partial charge in [-0.25, -0.2) is 0 Å². The molecular weight excluding hydrogens is 208 g/mol. The fourth-order valence-electron chi connectivity index (χ4n) is 2.19. The lowest BCUT2D eigenvalue weighted by molar-refractivity contribution is 0.819. The van der Waals surface area contributed by atoms with Gasteiger partial charge in [0.1, 0.15) is 0 Å². The summed E-state index contributed by atoms with van der Waals surface area (Å²) >= 11 is 6.20. The highest BCUT2D eigenvalue weighted by molar-refractivity contribution is 6.35. The molecule has 0 amide bonds. The zero-order valence-electron chi connectivity index (χ0n) is 9.05. The van der Waals surface area contributed by atoms with Gasteiger partial charge >= 0.3 is 0 Å². The molecule has 2 rings (SSSR count). The van der Waals surface area contributed by atoms with E-state index in [4.69, 9.17) is 17.3 Å². The van der Waals surface area contributed by atoms with E-state index in [1.54, 1.807) is 0 Å². The highest BCUT2D eigenvalue weighted by Crippen LogP contribution is 2.30. The summed E-state index contributed by atoms with van der Waals surface area (Å²) in [5.41, 5.74) is 9.29. The van der Waals surface area contributed by atoms with Crippen molar-refractivity contribution in [3.05, 3.63) is 34.5 Å². The molecule has 0 saturated carbocycles. The number of nitrogens with zero attached hydrogens (tertiary/aromatic N) is 1. The number of fused-ring (bicyclic) bond motifs is 1. The molecule has 0 aliphatic carbocycles. The number of hydrogen-bond donors (Lipinski definition) is 1. The molecule has 0 fully saturated rings. The first kappa shape index (κ1) is 10.5. The van der Waals surface area contributed by atoms with Crippen LogP contribution in [0.2, 0.25) is 5.02 Å². The van der Waals surface area contributed by atoms with E-state index in [0.717, 1.165) is 17.0 Å². The van der Waals surface area contributed by atoms with Crippen LogP contribution in [-0.2, 0) is 13.5 Å². The number of aryl methyl sites for hydroxylation is 2. The van der Waals surface area contributed by atoms with Crippen LogP contribution in [0, 0.1) is 6.92 Å². The van der Waals surface area contributed by atoms with E-state index >= 15 is 0 Å². The quantitative estimate of drug-likeness (QED) is 0.832. The molecule has 0 radical (unpaired) electrons. The maximum absolute atomic E-state index is 6.20. The van der Waals surface area contributed by atoms with Crippen LogP contribution < -0.4 is 5.73 Å². The van der Waals surface area contributed by atoms with Gasteiger partial charge in [-0.3, -0.25) is 0 Å². The van der Waals surface area contributed by atoms with Crippen LogP contribution in [0.4, 0.5) is 0 Å². The van der Waals surface area contributed by atoms with E-state index in [1.807, 2.05) is 19.2 Å². The summed E-state index contributed by atoms with van der Waals surface area (Å²) in [6.45, 7) is 2.80. The van der Waals surface area contributed by atoms with E-state index in [1.165, 1.54) is 16.6 Å². The lowest BCUT2D eigenvalue weighted by Crippen LogP contribution is -2.07. The smallest absolute Gasteiger partial charge is 0.0672 e. The number of halogens is 1. The number of benzene rings is 1. The third-order valence-corrected chi connectivity index (χ3v) is 3.25. The minimum Gasteiger partial charge on any atom is -0.346 e. The zero-order chi connectivity index (χ0) is 11.0. The number of para-hydroxylation sites is 1. The molecule has 0 aliphatic rings. The summed E-state index contributed by atoms with van der Waals surface area (Å²) in [7, 11) is 2.05. The summed E-state index contributed by atoms with van der Waals surface area (Å²) in [6, 6.07) is 6.02. The molecule has 0 spiro atoms. The Labute approximate surface area is 94.6 Å². The monoisotopic (exact) mass is 222 g/mol. The summed E-state index contributed by atoms with van der Waals surface area (Å²) in [5, 5.41) is 2.04. The summed E-state index contributed by atoms with van der Waals surface area (Å²) < 4.78 is 2.15.